The molecule has 1 N–H and O–H groups in total. The van der Waals surface area contributed by atoms with Gasteiger partial charge in [-0.1, -0.05) is 12.1 Å². The second kappa shape index (κ2) is 6.60. The number of hydrazone groups is 1. The third kappa shape index (κ3) is 3.84. The Labute approximate surface area is 129 Å². The van der Waals surface area contributed by atoms with Crippen LogP contribution in [-0.4, -0.2) is 15.6 Å². The second-order valence-corrected chi connectivity index (χ2v) is 4.53. The molecule has 8 nitrogen and oxygen atoms in total. The minimum Gasteiger partial charge on any atom is -0.271 e. The SMILES string of the molecule is C/C(=N/Nc1ccc([N+](=O)[O-])cc1[N+](=O)[O-])c1ccc(F)cc1. The maximum Gasteiger partial charge on any atom is 0.301 e. The van der Waals surface area contributed by atoms with Crippen molar-refractivity contribution in [3.63, 3.8) is 0 Å². The fourth-order valence-corrected chi connectivity index (χ4v) is 1.78. The number of non-ortho nitro benzene ring substituents is 1. The number of anilines is 1. The molecule has 2 rings (SSSR count). The van der Waals surface area contributed by atoms with Crippen molar-refractivity contribution in [2.45, 2.75) is 6.92 Å². The van der Waals surface area contributed by atoms with Gasteiger partial charge in [-0.25, -0.2) is 4.39 Å². The van der Waals surface area contributed by atoms with Gasteiger partial charge in [-0.2, -0.15) is 5.10 Å². The van der Waals surface area contributed by atoms with Gasteiger partial charge in [0.2, 0.25) is 0 Å². The third-order valence-corrected chi connectivity index (χ3v) is 2.99. The van der Waals surface area contributed by atoms with Crippen LogP contribution >= 0.6 is 0 Å². The molecule has 0 bridgehead atoms. The molecular formula is C14H11FN4O4. The number of hydrogen-bond donors (Lipinski definition) is 1. The van der Waals surface area contributed by atoms with Gasteiger partial charge < -0.3 is 0 Å². The molecule has 0 amide bonds. The smallest absolute Gasteiger partial charge is 0.271 e. The standard InChI is InChI=1S/C14H11FN4O4/c1-9(10-2-4-11(15)5-3-10)16-17-13-7-6-12(18(20)21)8-14(13)19(22)23/h2-8,17H,1H3/b16-9-. The summed E-state index contributed by atoms with van der Waals surface area (Å²) in [4.78, 5) is 20.2. The zero-order valence-corrected chi connectivity index (χ0v) is 11.9. The topological polar surface area (TPSA) is 111 Å². The van der Waals surface area contributed by atoms with Crippen LogP contribution in [-0.2, 0) is 0 Å². The van der Waals surface area contributed by atoms with Crippen molar-refractivity contribution in [2.24, 2.45) is 5.10 Å². The number of nitrogens with one attached hydrogen (secondary N) is 1. The van der Waals surface area contributed by atoms with Crippen molar-refractivity contribution in [3.05, 3.63) is 74.1 Å². The number of benzene rings is 2. The van der Waals surface area contributed by atoms with Gasteiger partial charge >= 0.3 is 5.69 Å². The third-order valence-electron chi connectivity index (χ3n) is 2.99. The fraction of sp³-hybridized carbons (Fsp3) is 0.0714. The van der Waals surface area contributed by atoms with E-state index in [0.717, 1.165) is 12.1 Å². The van der Waals surface area contributed by atoms with E-state index in [1.54, 1.807) is 6.92 Å². The van der Waals surface area contributed by atoms with Crippen LogP contribution < -0.4 is 5.43 Å². The molecule has 0 aliphatic rings. The van der Waals surface area contributed by atoms with E-state index < -0.39 is 15.5 Å². The molecular weight excluding hydrogens is 307 g/mol. The Bertz CT molecular complexity index is 790. The van der Waals surface area contributed by atoms with Crippen molar-refractivity contribution < 1.29 is 14.2 Å². The van der Waals surface area contributed by atoms with E-state index in [4.69, 9.17) is 0 Å². The maximum atomic E-state index is 12.9. The Hall–Kier alpha value is -3.36. The Morgan fingerprint density at radius 3 is 2.30 bits per heavy atom. The predicted molar refractivity (Wildman–Crippen MR) is 82.0 cm³/mol. The average molecular weight is 318 g/mol. The summed E-state index contributed by atoms with van der Waals surface area (Å²) in [6.45, 7) is 1.64. The van der Waals surface area contributed by atoms with Gasteiger partial charge in [-0.05, 0) is 30.7 Å². The molecule has 0 saturated carbocycles. The predicted octanol–water partition coefficient (Wildman–Crippen LogP) is 3.48. The number of nitrogens with zero attached hydrogens (tertiary/aromatic N) is 3. The molecule has 0 saturated heterocycles. The fourth-order valence-electron chi connectivity index (χ4n) is 1.78. The molecule has 0 atom stereocenters. The molecule has 23 heavy (non-hydrogen) atoms. The number of nitro groups is 2. The van der Waals surface area contributed by atoms with Gasteiger partial charge in [0.25, 0.3) is 5.69 Å². The van der Waals surface area contributed by atoms with E-state index in [2.05, 4.69) is 10.5 Å². The molecule has 118 valence electrons. The number of rotatable bonds is 5. The molecule has 2 aromatic rings. The van der Waals surface area contributed by atoms with Crippen LogP contribution in [0.4, 0.5) is 21.5 Å². The average Bonchev–Trinajstić information content (AvgIpc) is 2.52. The minimum atomic E-state index is -0.738. The number of hydrogen-bond acceptors (Lipinski definition) is 6. The summed E-state index contributed by atoms with van der Waals surface area (Å²) in [6.07, 6.45) is 0. The van der Waals surface area contributed by atoms with E-state index in [1.165, 1.54) is 30.3 Å². The molecule has 0 heterocycles. The molecule has 0 fully saturated rings. The van der Waals surface area contributed by atoms with E-state index in [-0.39, 0.29) is 17.2 Å². The minimum absolute atomic E-state index is 0.0158. The first-order chi connectivity index (χ1) is 10.9. The second-order valence-electron chi connectivity index (χ2n) is 4.53. The summed E-state index contributed by atoms with van der Waals surface area (Å²) >= 11 is 0. The first-order valence-corrected chi connectivity index (χ1v) is 6.37. The van der Waals surface area contributed by atoms with E-state index >= 15 is 0 Å². The number of nitro benzene ring substituents is 2. The van der Waals surface area contributed by atoms with Crippen LogP contribution in [0.15, 0.2) is 47.6 Å². The van der Waals surface area contributed by atoms with Crippen molar-refractivity contribution in [3.8, 4) is 0 Å². The van der Waals surface area contributed by atoms with Crippen molar-refractivity contribution in [2.75, 3.05) is 5.43 Å². The van der Waals surface area contributed by atoms with Gasteiger partial charge in [-0.15, -0.1) is 0 Å². The van der Waals surface area contributed by atoms with Gasteiger partial charge in [0.1, 0.15) is 11.5 Å². The normalized spacial score (nSPS) is 11.1. The quantitative estimate of drug-likeness (QED) is 0.515. The van der Waals surface area contributed by atoms with Crippen LogP contribution in [0.2, 0.25) is 0 Å². The van der Waals surface area contributed by atoms with Crippen molar-refractivity contribution >= 4 is 22.8 Å². The van der Waals surface area contributed by atoms with Gasteiger partial charge in [0.05, 0.1) is 21.6 Å². The molecule has 9 heteroatoms. The Morgan fingerprint density at radius 1 is 1.09 bits per heavy atom. The number of halogens is 1. The van der Waals surface area contributed by atoms with Crippen LogP contribution in [0.25, 0.3) is 0 Å². The maximum absolute atomic E-state index is 12.9. The van der Waals surface area contributed by atoms with Gasteiger partial charge in [0, 0.05) is 6.07 Å². The van der Waals surface area contributed by atoms with E-state index in [9.17, 15) is 24.6 Å². The summed E-state index contributed by atoms with van der Waals surface area (Å²) in [5.41, 5.74) is 2.77. The van der Waals surface area contributed by atoms with Crippen LogP contribution in [0.1, 0.15) is 12.5 Å². The van der Waals surface area contributed by atoms with Crippen LogP contribution in [0, 0.1) is 26.0 Å². The lowest BCUT2D eigenvalue weighted by Gasteiger charge is -2.04. The lowest BCUT2D eigenvalue weighted by atomic mass is 10.1. The molecule has 0 aliphatic carbocycles. The largest absolute Gasteiger partial charge is 0.301 e. The summed E-state index contributed by atoms with van der Waals surface area (Å²) in [5.74, 6) is -0.388. The summed E-state index contributed by atoms with van der Waals surface area (Å²) in [7, 11) is 0. The summed E-state index contributed by atoms with van der Waals surface area (Å²) in [6, 6.07) is 8.76. The lowest BCUT2D eigenvalue weighted by Crippen LogP contribution is -2.02. The zero-order valence-electron chi connectivity index (χ0n) is 11.9. The van der Waals surface area contributed by atoms with Crippen molar-refractivity contribution in [1.29, 1.82) is 0 Å². The Kier molecular flexibility index (Phi) is 4.60. The molecule has 2 aromatic carbocycles. The van der Waals surface area contributed by atoms with Crippen molar-refractivity contribution in [1.82, 2.24) is 0 Å². The summed E-state index contributed by atoms with van der Waals surface area (Å²) < 4.78 is 12.9. The first kappa shape index (κ1) is 16.0. The molecule has 0 unspecified atom stereocenters. The molecule has 0 radical (unpaired) electrons. The molecule has 0 aliphatic heterocycles. The van der Waals surface area contributed by atoms with E-state index in [1.807, 2.05) is 0 Å². The van der Waals surface area contributed by atoms with E-state index in [0.29, 0.717) is 11.3 Å². The van der Waals surface area contributed by atoms with Crippen LogP contribution in [0.3, 0.4) is 0 Å². The monoisotopic (exact) mass is 318 g/mol. The highest BCUT2D eigenvalue weighted by Crippen LogP contribution is 2.28. The zero-order chi connectivity index (χ0) is 17.0. The highest BCUT2D eigenvalue weighted by Gasteiger charge is 2.19. The van der Waals surface area contributed by atoms with Crippen LogP contribution in [0.5, 0.6) is 0 Å². The Morgan fingerprint density at radius 2 is 1.74 bits per heavy atom. The molecule has 0 spiro atoms. The summed E-state index contributed by atoms with van der Waals surface area (Å²) in [5, 5.41) is 25.7. The molecule has 0 aromatic heterocycles. The highest BCUT2D eigenvalue weighted by atomic mass is 19.1. The Balaban J connectivity index is 2.28. The first-order valence-electron chi connectivity index (χ1n) is 6.37. The lowest BCUT2D eigenvalue weighted by molar-refractivity contribution is -0.393. The highest BCUT2D eigenvalue weighted by molar-refractivity contribution is 5.99. The van der Waals surface area contributed by atoms with Gasteiger partial charge in [-0.3, -0.25) is 25.7 Å². The van der Waals surface area contributed by atoms with Gasteiger partial charge in [0.15, 0.2) is 0 Å².